The van der Waals surface area contributed by atoms with Crippen molar-refractivity contribution in [1.29, 1.82) is 0 Å². The first-order valence-electron chi connectivity index (χ1n) is 8.81. The fourth-order valence-electron chi connectivity index (χ4n) is 3.46. The van der Waals surface area contributed by atoms with Gasteiger partial charge in [-0.3, -0.25) is 9.59 Å². The highest BCUT2D eigenvalue weighted by Crippen LogP contribution is 2.41. The number of fused-ring (bicyclic) bond motifs is 1. The molecule has 148 valence electrons. The molecule has 1 atom stereocenters. The molecule has 5 nitrogen and oxygen atoms in total. The van der Waals surface area contributed by atoms with Gasteiger partial charge in [-0.25, -0.2) is 0 Å². The van der Waals surface area contributed by atoms with Crippen molar-refractivity contribution in [2.75, 3.05) is 4.90 Å². The van der Waals surface area contributed by atoms with Gasteiger partial charge in [-0.2, -0.15) is 13.2 Å². The Morgan fingerprint density at radius 1 is 1.00 bits per heavy atom. The minimum Gasteiger partial charge on any atom is -0.329 e. The normalized spacial score (nSPS) is 16.3. The van der Waals surface area contributed by atoms with Gasteiger partial charge in [0.1, 0.15) is 6.17 Å². The first kappa shape index (κ1) is 18.8. The van der Waals surface area contributed by atoms with Gasteiger partial charge in [-0.1, -0.05) is 18.2 Å². The first-order chi connectivity index (χ1) is 13.8. The van der Waals surface area contributed by atoms with E-state index in [9.17, 15) is 22.8 Å². The number of rotatable bonds is 2. The average molecular weight is 399 g/mol. The Kier molecular flexibility index (Phi) is 4.41. The number of alkyl halides is 3. The van der Waals surface area contributed by atoms with E-state index in [1.54, 1.807) is 35.2 Å². The van der Waals surface area contributed by atoms with E-state index in [2.05, 4.69) is 10.3 Å². The minimum absolute atomic E-state index is 0.108. The van der Waals surface area contributed by atoms with Gasteiger partial charge in [0.05, 0.1) is 16.8 Å². The van der Waals surface area contributed by atoms with Crippen LogP contribution in [-0.4, -0.2) is 10.9 Å². The minimum atomic E-state index is -4.51. The second kappa shape index (κ2) is 6.80. The summed E-state index contributed by atoms with van der Waals surface area (Å²) in [7, 11) is 0. The number of H-pyrrole nitrogens is 1. The summed E-state index contributed by atoms with van der Waals surface area (Å²) >= 11 is 0. The van der Waals surface area contributed by atoms with Gasteiger partial charge in [0.15, 0.2) is 0 Å². The van der Waals surface area contributed by atoms with Crippen LogP contribution < -0.4 is 15.8 Å². The van der Waals surface area contributed by atoms with Crippen molar-refractivity contribution in [3.63, 3.8) is 0 Å². The Balaban J connectivity index is 1.93. The van der Waals surface area contributed by atoms with Crippen LogP contribution in [-0.2, 0) is 6.18 Å². The molecule has 0 fully saturated rings. The lowest BCUT2D eigenvalue weighted by Gasteiger charge is -2.39. The fourth-order valence-corrected chi connectivity index (χ4v) is 3.46. The summed E-state index contributed by atoms with van der Waals surface area (Å²) in [6, 6.07) is 13.6. The van der Waals surface area contributed by atoms with Crippen LogP contribution in [0, 0.1) is 6.92 Å². The second-order valence-electron chi connectivity index (χ2n) is 6.75. The lowest BCUT2D eigenvalue weighted by molar-refractivity contribution is -0.138. The highest BCUT2D eigenvalue weighted by atomic mass is 19.4. The number of carbonyl (C=O) groups is 1. The summed E-state index contributed by atoms with van der Waals surface area (Å²) in [6.07, 6.45) is -3.86. The van der Waals surface area contributed by atoms with E-state index in [0.717, 1.165) is 6.07 Å². The second-order valence-corrected chi connectivity index (χ2v) is 6.75. The number of aryl methyl sites for hydroxylation is 1. The van der Waals surface area contributed by atoms with Crippen molar-refractivity contribution in [2.45, 2.75) is 19.3 Å². The fraction of sp³-hybridized carbons (Fsp3) is 0.143. The zero-order valence-corrected chi connectivity index (χ0v) is 15.2. The molecule has 4 rings (SSSR count). The monoisotopic (exact) mass is 399 g/mol. The molecule has 2 N–H and O–H groups in total. The summed E-state index contributed by atoms with van der Waals surface area (Å²) in [6.45, 7) is 1.40. The quantitative estimate of drug-likeness (QED) is 0.676. The molecular weight excluding hydrogens is 383 g/mol. The number of nitrogens with zero attached hydrogens (tertiary/aromatic N) is 1. The zero-order chi connectivity index (χ0) is 20.8. The number of aromatic amines is 1. The summed E-state index contributed by atoms with van der Waals surface area (Å²) in [5.74, 6) is -0.351. The van der Waals surface area contributed by atoms with E-state index in [-0.39, 0.29) is 22.7 Å². The van der Waals surface area contributed by atoms with Crippen molar-refractivity contribution in [3.05, 3.63) is 93.4 Å². The van der Waals surface area contributed by atoms with Gasteiger partial charge in [-0.05, 0) is 42.8 Å². The number of benzene rings is 2. The lowest BCUT2D eigenvalue weighted by atomic mass is 10.0. The molecule has 3 aromatic rings. The average Bonchev–Trinajstić information content (AvgIpc) is 2.68. The van der Waals surface area contributed by atoms with Crippen molar-refractivity contribution in [2.24, 2.45) is 0 Å². The summed E-state index contributed by atoms with van der Waals surface area (Å²) in [5, 5.41) is 2.81. The highest BCUT2D eigenvalue weighted by Gasteiger charge is 2.36. The van der Waals surface area contributed by atoms with Crippen molar-refractivity contribution < 1.29 is 18.0 Å². The molecule has 1 aromatic heterocycles. The summed E-state index contributed by atoms with van der Waals surface area (Å²) in [4.78, 5) is 28.2. The topological polar surface area (TPSA) is 65.2 Å². The van der Waals surface area contributed by atoms with Gasteiger partial charge in [0.25, 0.3) is 5.91 Å². The smallest absolute Gasteiger partial charge is 0.329 e. The standard InChI is InChI=1S/C21H16F3N3O2/c1-12-6-8-14(10-16(12)21(22,23)24)27-17-5-3-2-4-15(17)20(29)26-19(27)13-7-9-18(28)25-11-13/h2-11,19H,1H3,(H,25,28)(H,26,29). The Morgan fingerprint density at radius 2 is 1.76 bits per heavy atom. The number of para-hydroxylation sites is 1. The molecule has 8 heteroatoms. The molecule has 1 amide bonds. The van der Waals surface area contributed by atoms with Gasteiger partial charge >= 0.3 is 6.18 Å². The number of hydrogen-bond acceptors (Lipinski definition) is 3. The predicted octanol–water partition coefficient (Wildman–Crippen LogP) is 4.28. The van der Waals surface area contributed by atoms with Crippen LogP contribution >= 0.6 is 0 Å². The number of hydrogen-bond donors (Lipinski definition) is 2. The van der Waals surface area contributed by atoms with E-state index >= 15 is 0 Å². The van der Waals surface area contributed by atoms with Crippen molar-refractivity contribution in [1.82, 2.24) is 10.3 Å². The molecule has 0 aliphatic carbocycles. The number of amides is 1. The predicted molar refractivity (Wildman–Crippen MR) is 102 cm³/mol. The van der Waals surface area contributed by atoms with Gasteiger partial charge in [0.2, 0.25) is 5.56 Å². The number of halogens is 3. The molecule has 1 aliphatic heterocycles. The number of aromatic nitrogens is 1. The van der Waals surface area contributed by atoms with Crippen LogP contribution in [0.15, 0.2) is 65.6 Å². The molecule has 0 saturated heterocycles. The number of nitrogens with one attached hydrogen (secondary N) is 2. The molecule has 2 aromatic carbocycles. The Bertz CT molecular complexity index is 1130. The molecule has 2 heterocycles. The molecule has 1 aliphatic rings. The summed E-state index contributed by atoms with van der Waals surface area (Å²) in [5.41, 5.74) is 0.665. The molecule has 0 radical (unpaired) electrons. The van der Waals surface area contributed by atoms with Crippen LogP contribution in [0.3, 0.4) is 0 Å². The Morgan fingerprint density at radius 3 is 2.45 bits per heavy atom. The largest absolute Gasteiger partial charge is 0.416 e. The maximum Gasteiger partial charge on any atom is 0.416 e. The van der Waals surface area contributed by atoms with E-state index in [1.165, 1.54) is 31.3 Å². The van der Waals surface area contributed by atoms with E-state index < -0.39 is 17.9 Å². The number of anilines is 2. The van der Waals surface area contributed by atoms with Crippen LogP contribution in [0.1, 0.15) is 33.2 Å². The first-order valence-corrected chi connectivity index (χ1v) is 8.81. The van der Waals surface area contributed by atoms with Gasteiger partial charge in [-0.15, -0.1) is 0 Å². The Labute approximate surface area is 163 Å². The van der Waals surface area contributed by atoms with Gasteiger partial charge in [0, 0.05) is 23.5 Å². The maximum atomic E-state index is 13.5. The third-order valence-corrected chi connectivity index (χ3v) is 4.86. The molecule has 0 bridgehead atoms. The van der Waals surface area contributed by atoms with Crippen molar-refractivity contribution in [3.8, 4) is 0 Å². The molecule has 0 saturated carbocycles. The Hall–Kier alpha value is -3.55. The number of pyridine rings is 1. The van der Waals surface area contributed by atoms with Crippen LogP contribution in [0.5, 0.6) is 0 Å². The SMILES string of the molecule is Cc1ccc(N2c3ccccc3C(=O)NC2c2ccc(=O)[nH]c2)cc1C(F)(F)F. The highest BCUT2D eigenvalue weighted by molar-refractivity contribution is 6.03. The van der Waals surface area contributed by atoms with E-state index in [1.807, 2.05) is 0 Å². The van der Waals surface area contributed by atoms with Gasteiger partial charge < -0.3 is 15.2 Å². The third kappa shape index (κ3) is 3.37. The molecule has 29 heavy (non-hydrogen) atoms. The molecule has 1 unspecified atom stereocenters. The number of carbonyl (C=O) groups excluding carboxylic acids is 1. The third-order valence-electron chi connectivity index (χ3n) is 4.86. The van der Waals surface area contributed by atoms with E-state index in [0.29, 0.717) is 16.8 Å². The van der Waals surface area contributed by atoms with E-state index in [4.69, 9.17) is 0 Å². The lowest BCUT2D eigenvalue weighted by Crippen LogP contribution is -2.44. The summed E-state index contributed by atoms with van der Waals surface area (Å²) < 4.78 is 40.5. The zero-order valence-electron chi connectivity index (χ0n) is 15.2. The van der Waals surface area contributed by atoms with Crippen LogP contribution in [0.25, 0.3) is 0 Å². The van der Waals surface area contributed by atoms with Crippen molar-refractivity contribution >= 4 is 17.3 Å². The molecular formula is C21H16F3N3O2. The van der Waals surface area contributed by atoms with Crippen LogP contribution in [0.2, 0.25) is 0 Å². The maximum absolute atomic E-state index is 13.5. The van der Waals surface area contributed by atoms with Crippen LogP contribution in [0.4, 0.5) is 24.5 Å². The molecule has 0 spiro atoms.